The maximum atomic E-state index is 15.6. The molecule has 3 aliphatic rings. The number of rotatable bonds is 13. The SMILES string of the molecule is CN[C@@H](C)C(=O)N[C@H](C(=O)C1C(C(=O)Nc2cc3c(Nc4ccc(N5CCN(CC6CC6)CC5)c(F)c4)ncnc3cc2OC)=Cn2cccc21)C(C)(C)C. The standard InChI is InChI=1S/C41H50FN9O4/c1-24(43-5)39(53)48-37(41(2,3)4)36(52)35-28(22-51-13-7-8-33(35)51)40(54)47-31-19-27-30(20-34(31)55-6)44-23-45-38(27)46-26-11-12-32(29(42)18-26)50-16-14-49(15-17-50)21-25-9-10-25/h7-8,11-13,18-20,22-25,35,37,43H,9-10,14-17,21H2,1-6H3,(H,47,54)(H,48,53)(H,44,45,46)/t24-,35?,37+/m0/s1. The van der Waals surface area contributed by atoms with E-state index in [9.17, 15) is 14.4 Å². The first-order valence-corrected chi connectivity index (χ1v) is 18.9. The Morgan fingerprint density at radius 1 is 1.04 bits per heavy atom. The zero-order valence-electron chi connectivity index (χ0n) is 32.3. The summed E-state index contributed by atoms with van der Waals surface area (Å²) in [6.07, 6.45) is 7.47. The first-order valence-electron chi connectivity index (χ1n) is 18.9. The predicted octanol–water partition coefficient (Wildman–Crippen LogP) is 5.14. The molecule has 7 rings (SSSR count). The van der Waals surface area contributed by atoms with E-state index < -0.39 is 29.3 Å². The third-order valence-electron chi connectivity index (χ3n) is 10.8. The molecule has 0 spiro atoms. The minimum Gasteiger partial charge on any atom is -0.494 e. The van der Waals surface area contributed by atoms with Crippen molar-refractivity contribution in [3.63, 3.8) is 0 Å². The lowest BCUT2D eigenvalue weighted by atomic mass is 9.77. The summed E-state index contributed by atoms with van der Waals surface area (Å²) >= 11 is 0. The zero-order chi connectivity index (χ0) is 39.0. The van der Waals surface area contributed by atoms with Crippen molar-refractivity contribution in [2.75, 3.05) is 62.4 Å². The summed E-state index contributed by atoms with van der Waals surface area (Å²) in [6, 6.07) is 10.7. The number of ketones is 1. The monoisotopic (exact) mass is 751 g/mol. The second-order valence-corrected chi connectivity index (χ2v) is 15.8. The number of likely N-dealkylation sites (N-methyl/N-ethyl adjacent to an activating group) is 1. The van der Waals surface area contributed by atoms with Crippen LogP contribution >= 0.6 is 0 Å². The van der Waals surface area contributed by atoms with E-state index in [1.807, 2.05) is 32.9 Å². The van der Waals surface area contributed by atoms with E-state index in [2.05, 4.69) is 41.0 Å². The second kappa shape index (κ2) is 15.4. The summed E-state index contributed by atoms with van der Waals surface area (Å²) in [4.78, 5) is 55.1. The van der Waals surface area contributed by atoms with Crippen molar-refractivity contribution in [3.05, 3.63) is 72.1 Å². The van der Waals surface area contributed by atoms with Crippen LogP contribution in [0.15, 0.2) is 60.6 Å². The van der Waals surface area contributed by atoms with Gasteiger partial charge >= 0.3 is 0 Å². The molecule has 0 bridgehead atoms. The normalized spacial score (nSPS) is 18.3. The fraction of sp³-hybridized carbons (Fsp3) is 0.439. The van der Waals surface area contributed by atoms with Crippen molar-refractivity contribution in [2.24, 2.45) is 11.3 Å². The van der Waals surface area contributed by atoms with Gasteiger partial charge in [-0.3, -0.25) is 19.3 Å². The third kappa shape index (κ3) is 8.06. The summed E-state index contributed by atoms with van der Waals surface area (Å²) in [5.74, 6) is -0.807. The molecule has 55 heavy (non-hydrogen) atoms. The number of carbonyl (C=O) groups excluding carboxylic acids is 3. The van der Waals surface area contributed by atoms with Crippen molar-refractivity contribution in [1.29, 1.82) is 0 Å². The molecule has 2 aromatic carbocycles. The molecule has 290 valence electrons. The number of Topliss-reactive ketones (excluding diaryl/α,β-unsaturated/α-hetero) is 1. The lowest BCUT2D eigenvalue weighted by molar-refractivity contribution is -0.131. The molecular formula is C41H50FN9O4. The van der Waals surface area contributed by atoms with Gasteiger partial charge in [-0.2, -0.15) is 0 Å². The van der Waals surface area contributed by atoms with Gasteiger partial charge in [-0.1, -0.05) is 20.8 Å². The topological polar surface area (TPSA) is 146 Å². The summed E-state index contributed by atoms with van der Waals surface area (Å²) < 4.78 is 23.0. The molecular weight excluding hydrogens is 702 g/mol. The van der Waals surface area contributed by atoms with Crippen LogP contribution in [0.25, 0.3) is 17.1 Å². The Bertz CT molecular complexity index is 2130. The number of hydrogen-bond donors (Lipinski definition) is 4. The highest BCUT2D eigenvalue weighted by molar-refractivity contribution is 6.15. The third-order valence-corrected chi connectivity index (χ3v) is 10.8. The van der Waals surface area contributed by atoms with Crippen molar-refractivity contribution >= 4 is 57.6 Å². The van der Waals surface area contributed by atoms with Gasteiger partial charge in [0.25, 0.3) is 5.91 Å². The quantitative estimate of drug-likeness (QED) is 0.145. The van der Waals surface area contributed by atoms with Gasteiger partial charge in [0.2, 0.25) is 5.91 Å². The molecule has 2 aliphatic heterocycles. The van der Waals surface area contributed by atoms with Crippen molar-refractivity contribution in [1.82, 2.24) is 30.1 Å². The van der Waals surface area contributed by atoms with Crippen LogP contribution in [0.2, 0.25) is 0 Å². The van der Waals surface area contributed by atoms with Crippen LogP contribution in [-0.2, 0) is 14.4 Å². The Labute approximate surface area is 320 Å². The molecule has 1 aliphatic carbocycles. The van der Waals surface area contributed by atoms with Crippen LogP contribution in [0.4, 0.5) is 27.3 Å². The van der Waals surface area contributed by atoms with E-state index in [1.165, 1.54) is 32.3 Å². The molecule has 4 heterocycles. The number of ether oxygens (including phenoxy) is 1. The minimum atomic E-state index is -0.944. The number of halogens is 1. The minimum absolute atomic E-state index is 0.218. The average Bonchev–Trinajstić information content (AvgIpc) is 3.73. The lowest BCUT2D eigenvalue weighted by Crippen LogP contribution is -2.54. The first kappa shape index (κ1) is 38.0. The average molecular weight is 752 g/mol. The van der Waals surface area contributed by atoms with Crippen LogP contribution in [-0.4, -0.2) is 96.0 Å². The van der Waals surface area contributed by atoms with Gasteiger partial charge in [-0.05, 0) is 74.5 Å². The number of fused-ring (bicyclic) bond motifs is 2. The molecule has 1 saturated heterocycles. The highest BCUT2D eigenvalue weighted by atomic mass is 19.1. The number of piperazine rings is 1. The van der Waals surface area contributed by atoms with E-state index >= 15 is 4.39 Å². The Kier molecular flexibility index (Phi) is 10.6. The Balaban J connectivity index is 1.12. The maximum absolute atomic E-state index is 15.6. The van der Waals surface area contributed by atoms with Gasteiger partial charge in [-0.15, -0.1) is 0 Å². The number of amides is 2. The Hall–Kier alpha value is -5.34. The number of nitrogens with one attached hydrogen (secondary N) is 4. The summed E-state index contributed by atoms with van der Waals surface area (Å²) in [6.45, 7) is 11.9. The number of carbonyl (C=O) groups is 3. The molecule has 2 fully saturated rings. The number of aromatic nitrogens is 3. The maximum Gasteiger partial charge on any atom is 0.254 e. The number of hydrogen-bond acceptors (Lipinski definition) is 10. The fourth-order valence-corrected chi connectivity index (χ4v) is 7.38. The Morgan fingerprint density at radius 2 is 1.80 bits per heavy atom. The van der Waals surface area contributed by atoms with Gasteiger partial charge in [0.1, 0.15) is 23.7 Å². The Morgan fingerprint density at radius 3 is 2.47 bits per heavy atom. The second-order valence-electron chi connectivity index (χ2n) is 15.8. The molecule has 3 atom stereocenters. The smallest absolute Gasteiger partial charge is 0.254 e. The molecule has 13 nitrogen and oxygen atoms in total. The van der Waals surface area contributed by atoms with Gasteiger partial charge in [0.15, 0.2) is 5.78 Å². The van der Waals surface area contributed by atoms with Gasteiger partial charge in [-0.25, -0.2) is 14.4 Å². The van der Waals surface area contributed by atoms with E-state index in [1.54, 1.807) is 55.2 Å². The predicted molar refractivity (Wildman–Crippen MR) is 212 cm³/mol. The zero-order valence-corrected chi connectivity index (χ0v) is 32.3. The molecule has 2 amide bonds. The van der Waals surface area contributed by atoms with Crippen LogP contribution in [0.3, 0.4) is 0 Å². The van der Waals surface area contributed by atoms with Gasteiger partial charge < -0.3 is 35.5 Å². The number of nitrogens with zero attached hydrogens (tertiary/aromatic N) is 5. The van der Waals surface area contributed by atoms with Gasteiger partial charge in [0, 0.05) is 68.0 Å². The van der Waals surface area contributed by atoms with E-state index in [4.69, 9.17) is 4.74 Å². The van der Waals surface area contributed by atoms with Crippen molar-refractivity contribution in [2.45, 2.75) is 58.5 Å². The number of methoxy groups -OCH3 is 1. The lowest BCUT2D eigenvalue weighted by Gasteiger charge is -2.36. The van der Waals surface area contributed by atoms with E-state index in [0.717, 1.165) is 38.6 Å². The molecule has 2 aromatic heterocycles. The fourth-order valence-electron chi connectivity index (χ4n) is 7.38. The summed E-state index contributed by atoms with van der Waals surface area (Å²) in [5, 5.41) is 12.6. The largest absolute Gasteiger partial charge is 0.494 e. The van der Waals surface area contributed by atoms with E-state index in [0.29, 0.717) is 45.2 Å². The highest BCUT2D eigenvalue weighted by Gasteiger charge is 2.43. The molecule has 4 aromatic rings. The molecule has 1 saturated carbocycles. The highest BCUT2D eigenvalue weighted by Crippen LogP contribution is 2.39. The molecule has 0 radical (unpaired) electrons. The molecule has 4 N–H and O–H groups in total. The van der Waals surface area contributed by atoms with Crippen LogP contribution in [0.5, 0.6) is 5.75 Å². The summed E-state index contributed by atoms with van der Waals surface area (Å²) in [5.41, 5.74) is 2.15. The first-order chi connectivity index (χ1) is 26.3. The molecule has 1 unspecified atom stereocenters. The number of anilines is 4. The summed E-state index contributed by atoms with van der Waals surface area (Å²) in [7, 11) is 3.17. The van der Waals surface area contributed by atoms with Crippen molar-refractivity contribution < 1.29 is 23.5 Å². The number of benzene rings is 2. The van der Waals surface area contributed by atoms with Crippen molar-refractivity contribution in [3.8, 4) is 5.75 Å². The van der Waals surface area contributed by atoms with Crippen LogP contribution in [0.1, 0.15) is 52.1 Å². The van der Waals surface area contributed by atoms with Crippen LogP contribution < -0.4 is 30.9 Å². The molecule has 14 heteroatoms. The van der Waals surface area contributed by atoms with Gasteiger partial charge in [0.05, 0.1) is 47.6 Å². The van der Waals surface area contributed by atoms with E-state index in [-0.39, 0.29) is 23.1 Å². The van der Waals surface area contributed by atoms with Crippen LogP contribution in [0, 0.1) is 17.2 Å².